The highest BCUT2D eigenvalue weighted by atomic mass is 16.5. The van der Waals surface area contributed by atoms with Crippen LogP contribution in [0.15, 0.2) is 43.0 Å². The monoisotopic (exact) mass is 255 g/mol. The molecule has 0 spiro atoms. The maximum atomic E-state index is 11.9. The first-order chi connectivity index (χ1) is 9.27. The van der Waals surface area contributed by atoms with E-state index in [2.05, 4.69) is 12.5 Å². The third-order valence-electron chi connectivity index (χ3n) is 3.21. The van der Waals surface area contributed by atoms with Crippen LogP contribution in [0.25, 0.3) is 0 Å². The Labute approximate surface area is 113 Å². The third-order valence-corrected chi connectivity index (χ3v) is 3.21. The fourth-order valence-electron chi connectivity index (χ4n) is 2.16. The number of likely N-dealkylation sites (tertiary alicyclic amines) is 1. The first-order valence-electron chi connectivity index (χ1n) is 6.30. The van der Waals surface area contributed by atoms with Crippen molar-refractivity contribution in [2.75, 3.05) is 6.54 Å². The second-order valence-electron chi connectivity index (χ2n) is 4.43. The Kier molecular flexibility index (Phi) is 4.38. The van der Waals surface area contributed by atoms with E-state index in [0.717, 1.165) is 5.56 Å². The summed E-state index contributed by atoms with van der Waals surface area (Å²) in [5.41, 5.74) is 1.06. The molecule has 1 aromatic rings. The zero-order chi connectivity index (χ0) is 13.7. The molecule has 0 N–H and O–H groups in total. The molecule has 0 bridgehead atoms. The number of benzene rings is 1. The van der Waals surface area contributed by atoms with Crippen LogP contribution in [0.2, 0.25) is 0 Å². The number of carbonyl (C=O) groups excluding carboxylic acids is 1. The number of β-lactam (4-membered cyclic amide) rings is 1. The largest absolute Gasteiger partial charge is 0.361 e. The number of nitrogens with zero attached hydrogens (tertiary/aromatic N) is 1. The second kappa shape index (κ2) is 6.21. The molecule has 1 fully saturated rings. The van der Waals surface area contributed by atoms with E-state index in [9.17, 15) is 4.79 Å². The van der Waals surface area contributed by atoms with Gasteiger partial charge in [-0.2, -0.15) is 0 Å². The first-order valence-corrected chi connectivity index (χ1v) is 6.30. The van der Waals surface area contributed by atoms with Gasteiger partial charge in [0.1, 0.15) is 0 Å². The quantitative estimate of drug-likeness (QED) is 0.442. The van der Waals surface area contributed by atoms with Gasteiger partial charge in [-0.25, -0.2) is 0 Å². The van der Waals surface area contributed by atoms with Crippen LogP contribution in [0, 0.1) is 12.3 Å². The Bertz CT molecular complexity index is 489. The van der Waals surface area contributed by atoms with E-state index in [1.54, 1.807) is 11.0 Å². The third kappa shape index (κ3) is 2.86. The van der Waals surface area contributed by atoms with E-state index in [4.69, 9.17) is 11.2 Å². The highest BCUT2D eigenvalue weighted by molar-refractivity contribution is 5.89. The van der Waals surface area contributed by atoms with Gasteiger partial charge in [-0.15, -0.1) is 18.9 Å². The Morgan fingerprint density at radius 3 is 2.79 bits per heavy atom. The molecule has 1 aliphatic heterocycles. The van der Waals surface area contributed by atoms with Crippen molar-refractivity contribution >= 4 is 5.91 Å². The van der Waals surface area contributed by atoms with Gasteiger partial charge in [0.25, 0.3) is 5.91 Å². The molecule has 0 radical (unpaired) electrons. The van der Waals surface area contributed by atoms with Crippen molar-refractivity contribution in [3.8, 4) is 12.3 Å². The summed E-state index contributed by atoms with van der Waals surface area (Å²) in [6.07, 6.45) is 7.09. The molecule has 0 aromatic heterocycles. The van der Waals surface area contributed by atoms with Gasteiger partial charge in [-0.3, -0.25) is 4.79 Å². The van der Waals surface area contributed by atoms with Crippen molar-refractivity contribution < 1.29 is 9.53 Å². The Balaban J connectivity index is 1.89. The minimum absolute atomic E-state index is 0.00363. The molecular formula is C16H17NO2. The minimum Gasteiger partial charge on any atom is -0.361 e. The first kappa shape index (κ1) is 13.4. The molecule has 1 amide bonds. The van der Waals surface area contributed by atoms with Gasteiger partial charge in [0.15, 0.2) is 6.10 Å². The molecule has 2 rings (SSSR count). The van der Waals surface area contributed by atoms with Gasteiger partial charge >= 0.3 is 0 Å². The van der Waals surface area contributed by atoms with E-state index in [1.807, 2.05) is 30.3 Å². The maximum Gasteiger partial charge on any atom is 0.254 e. The summed E-state index contributed by atoms with van der Waals surface area (Å²) < 4.78 is 5.68. The normalized spacial score (nSPS) is 21.6. The maximum absolute atomic E-state index is 11.9. The van der Waals surface area contributed by atoms with Crippen molar-refractivity contribution in [1.29, 1.82) is 0 Å². The molecule has 0 saturated carbocycles. The predicted octanol–water partition coefficient (Wildman–Crippen LogP) is 1.99. The molecular weight excluding hydrogens is 238 g/mol. The van der Waals surface area contributed by atoms with Crippen LogP contribution in [0.3, 0.4) is 0 Å². The van der Waals surface area contributed by atoms with Gasteiger partial charge in [0, 0.05) is 13.0 Å². The van der Waals surface area contributed by atoms with Crippen molar-refractivity contribution in [1.82, 2.24) is 4.90 Å². The lowest BCUT2D eigenvalue weighted by atomic mass is 9.97. The zero-order valence-electron chi connectivity index (χ0n) is 10.8. The fraction of sp³-hybridized carbons (Fsp3) is 0.312. The highest BCUT2D eigenvalue weighted by Crippen LogP contribution is 2.25. The van der Waals surface area contributed by atoms with Crippen LogP contribution < -0.4 is 0 Å². The summed E-state index contributed by atoms with van der Waals surface area (Å²) in [7, 11) is 0. The minimum atomic E-state index is -0.421. The Morgan fingerprint density at radius 2 is 2.16 bits per heavy atom. The molecule has 2 atom stereocenters. The molecule has 19 heavy (non-hydrogen) atoms. The van der Waals surface area contributed by atoms with Gasteiger partial charge < -0.3 is 9.64 Å². The van der Waals surface area contributed by atoms with Gasteiger partial charge in [-0.05, 0) is 5.56 Å². The van der Waals surface area contributed by atoms with Crippen LogP contribution in [0.5, 0.6) is 0 Å². The number of terminal acetylenes is 1. The van der Waals surface area contributed by atoms with Crippen molar-refractivity contribution in [3.63, 3.8) is 0 Å². The van der Waals surface area contributed by atoms with Gasteiger partial charge in [-0.1, -0.05) is 36.4 Å². The summed E-state index contributed by atoms with van der Waals surface area (Å²) in [5, 5.41) is 0. The second-order valence-corrected chi connectivity index (χ2v) is 4.43. The number of hydrogen-bond donors (Lipinski definition) is 0. The summed E-state index contributed by atoms with van der Waals surface area (Å²) in [6.45, 7) is 4.76. The molecule has 0 unspecified atom stereocenters. The molecule has 1 aromatic carbocycles. The van der Waals surface area contributed by atoms with Crippen LogP contribution in [-0.4, -0.2) is 29.5 Å². The number of carbonyl (C=O) groups is 1. The van der Waals surface area contributed by atoms with Gasteiger partial charge in [0.2, 0.25) is 0 Å². The number of amides is 1. The number of hydrogen-bond acceptors (Lipinski definition) is 2. The smallest absolute Gasteiger partial charge is 0.254 e. The van der Waals surface area contributed by atoms with Gasteiger partial charge in [0.05, 0.1) is 12.6 Å². The molecule has 1 heterocycles. The van der Waals surface area contributed by atoms with E-state index in [0.29, 0.717) is 19.6 Å². The molecule has 3 nitrogen and oxygen atoms in total. The van der Waals surface area contributed by atoms with Crippen molar-refractivity contribution in [2.24, 2.45) is 0 Å². The van der Waals surface area contributed by atoms with Crippen molar-refractivity contribution in [3.05, 3.63) is 48.6 Å². The summed E-state index contributed by atoms with van der Waals surface area (Å²) in [5.74, 6) is 2.53. The van der Waals surface area contributed by atoms with E-state index < -0.39 is 6.10 Å². The average Bonchev–Trinajstić information content (AvgIpc) is 2.45. The topological polar surface area (TPSA) is 29.5 Å². The molecule has 3 heteroatoms. The standard InChI is InChI=1S/C16H17NO2/c1-3-5-11-17-14(4-2)15(16(17)18)19-12-13-9-7-6-8-10-13/h1,4,6-10,14-15H,2,5,11-12H2/t14-,15+/m0/s1. The highest BCUT2D eigenvalue weighted by Gasteiger charge is 2.45. The predicted molar refractivity (Wildman–Crippen MR) is 74.2 cm³/mol. The van der Waals surface area contributed by atoms with Crippen LogP contribution in [-0.2, 0) is 16.1 Å². The van der Waals surface area contributed by atoms with E-state index in [-0.39, 0.29) is 11.9 Å². The Hall–Kier alpha value is -2.05. The lowest BCUT2D eigenvalue weighted by Crippen LogP contribution is -2.64. The number of rotatable bonds is 6. The summed E-state index contributed by atoms with van der Waals surface area (Å²) >= 11 is 0. The van der Waals surface area contributed by atoms with E-state index >= 15 is 0 Å². The van der Waals surface area contributed by atoms with Crippen LogP contribution in [0.4, 0.5) is 0 Å². The van der Waals surface area contributed by atoms with Crippen LogP contribution >= 0.6 is 0 Å². The lowest BCUT2D eigenvalue weighted by Gasteiger charge is -2.45. The SMILES string of the molecule is C#CCCN1C(=O)[C@H](OCc2ccccc2)[C@@H]1C=C. The van der Waals surface area contributed by atoms with Crippen molar-refractivity contribution in [2.45, 2.75) is 25.2 Å². The summed E-state index contributed by atoms with van der Waals surface area (Å²) in [4.78, 5) is 13.7. The summed E-state index contributed by atoms with van der Waals surface area (Å²) in [6, 6.07) is 9.73. The zero-order valence-corrected chi connectivity index (χ0v) is 10.8. The fourth-order valence-corrected chi connectivity index (χ4v) is 2.16. The lowest BCUT2D eigenvalue weighted by molar-refractivity contribution is -0.170. The van der Waals surface area contributed by atoms with Crippen LogP contribution in [0.1, 0.15) is 12.0 Å². The molecule has 98 valence electrons. The molecule has 1 saturated heterocycles. The van der Waals surface area contributed by atoms with E-state index in [1.165, 1.54) is 0 Å². The average molecular weight is 255 g/mol. The Morgan fingerprint density at radius 1 is 1.42 bits per heavy atom. The number of ether oxygens (including phenoxy) is 1. The molecule has 1 aliphatic rings. The molecule has 0 aliphatic carbocycles.